The molecule has 124 valence electrons. The molecule has 1 aromatic carbocycles. The lowest BCUT2D eigenvalue weighted by molar-refractivity contribution is -0.139. The van der Waals surface area contributed by atoms with Gasteiger partial charge in [0.25, 0.3) is 0 Å². The zero-order chi connectivity index (χ0) is 16.7. The van der Waals surface area contributed by atoms with Gasteiger partial charge in [0.1, 0.15) is 0 Å². The number of rotatable bonds is 8. The smallest absolute Gasteiger partial charge is 0.335 e. The average molecular weight is 377 g/mol. The number of hydrogen-bond acceptors (Lipinski definition) is 2. The van der Waals surface area contributed by atoms with Crippen molar-refractivity contribution in [1.29, 1.82) is 0 Å². The first-order valence-electron chi connectivity index (χ1n) is 8.41. The van der Waals surface area contributed by atoms with E-state index in [0.29, 0.717) is 0 Å². The fraction of sp³-hybridized carbons (Fsp3) is 0.450. The van der Waals surface area contributed by atoms with Gasteiger partial charge >= 0.3 is 5.97 Å². The molecule has 0 saturated heterocycles. The summed E-state index contributed by atoms with van der Waals surface area (Å²) in [6, 6.07) is 9.98. The molecule has 0 bridgehead atoms. The minimum atomic E-state index is -0.275. The number of benzene rings is 1. The van der Waals surface area contributed by atoms with Gasteiger partial charge in [0.2, 0.25) is 0 Å². The zero-order valence-electron chi connectivity index (χ0n) is 14.0. The minimum absolute atomic E-state index is 0.202. The van der Waals surface area contributed by atoms with Gasteiger partial charge in [-0.3, -0.25) is 0 Å². The van der Waals surface area contributed by atoms with Gasteiger partial charge in [-0.2, -0.15) is 0 Å². The second-order valence-electron chi connectivity index (χ2n) is 5.95. The number of carbonyl (C=O) groups excluding carboxylic acids is 1. The number of hydrogen-bond donors (Lipinski definition) is 0. The summed E-state index contributed by atoms with van der Waals surface area (Å²) in [5.41, 5.74) is 3.98. The normalized spacial score (nSPS) is 18.5. The number of carbonyl (C=O) groups is 1. The van der Waals surface area contributed by atoms with E-state index < -0.39 is 0 Å². The maximum Gasteiger partial charge on any atom is 0.335 e. The Morgan fingerprint density at radius 2 is 1.96 bits per heavy atom. The molecule has 0 amide bonds. The van der Waals surface area contributed by atoms with Crippen molar-refractivity contribution in [2.45, 2.75) is 52.1 Å². The Balaban J connectivity index is 2.20. The topological polar surface area (TPSA) is 26.3 Å². The molecule has 1 aromatic rings. The number of unbranched alkanes of at least 4 members (excludes halogenated alkanes) is 4. The Labute approximate surface area is 147 Å². The number of alkyl halides is 1. The van der Waals surface area contributed by atoms with Crippen molar-refractivity contribution in [3.8, 4) is 0 Å². The van der Waals surface area contributed by atoms with Crippen LogP contribution in [0.25, 0.3) is 0 Å². The number of ether oxygens (including phenoxy) is 1. The Morgan fingerprint density at radius 3 is 2.61 bits per heavy atom. The SMILES string of the molecule is CCCCCC/C=C(\CBr)C1=C(C)C(=O)OC1c1ccccc1. The Hall–Kier alpha value is -1.35. The molecular weight excluding hydrogens is 352 g/mol. The van der Waals surface area contributed by atoms with Gasteiger partial charge in [-0.15, -0.1) is 0 Å². The molecule has 1 atom stereocenters. The van der Waals surface area contributed by atoms with Crippen LogP contribution in [-0.4, -0.2) is 11.3 Å². The standard InChI is InChI=1S/C20H25BrO2/c1-3-4-5-6-8-13-17(14-21)18-15(2)20(22)23-19(18)16-11-9-7-10-12-16/h7,9-13,19H,3-6,8,14H2,1-2H3/b17-13+. The second-order valence-corrected chi connectivity index (χ2v) is 6.51. The molecule has 0 N–H and O–H groups in total. The summed E-state index contributed by atoms with van der Waals surface area (Å²) in [5, 5.41) is 0.743. The molecule has 0 radical (unpaired) electrons. The molecule has 0 fully saturated rings. The summed E-state index contributed by atoms with van der Waals surface area (Å²) >= 11 is 3.59. The third-order valence-corrected chi connectivity index (χ3v) is 4.84. The van der Waals surface area contributed by atoms with Crippen LogP contribution in [0.3, 0.4) is 0 Å². The van der Waals surface area contributed by atoms with E-state index in [2.05, 4.69) is 28.9 Å². The maximum absolute atomic E-state index is 12.1. The molecular formula is C20H25BrO2. The fourth-order valence-corrected chi connectivity index (χ4v) is 3.45. The average Bonchev–Trinajstić information content (AvgIpc) is 2.87. The molecule has 0 saturated carbocycles. The third kappa shape index (κ3) is 4.57. The van der Waals surface area contributed by atoms with Crippen molar-refractivity contribution in [2.24, 2.45) is 0 Å². The molecule has 0 aromatic heterocycles. The largest absolute Gasteiger partial charge is 0.449 e. The molecule has 3 heteroatoms. The van der Waals surface area contributed by atoms with E-state index in [0.717, 1.165) is 28.5 Å². The fourth-order valence-electron chi connectivity index (χ4n) is 2.92. The van der Waals surface area contributed by atoms with Crippen LogP contribution in [0.15, 0.2) is 53.1 Å². The van der Waals surface area contributed by atoms with E-state index in [-0.39, 0.29) is 12.1 Å². The molecule has 2 nitrogen and oxygen atoms in total. The highest BCUT2D eigenvalue weighted by Crippen LogP contribution is 2.39. The van der Waals surface area contributed by atoms with Crippen LogP contribution in [0.1, 0.15) is 57.6 Å². The van der Waals surface area contributed by atoms with Crippen LogP contribution < -0.4 is 0 Å². The molecule has 0 aliphatic carbocycles. The summed E-state index contributed by atoms with van der Waals surface area (Å²) in [6.07, 6.45) is 8.03. The first kappa shape index (κ1) is 18.0. The highest BCUT2D eigenvalue weighted by molar-refractivity contribution is 9.09. The predicted molar refractivity (Wildman–Crippen MR) is 98.6 cm³/mol. The summed E-state index contributed by atoms with van der Waals surface area (Å²) in [7, 11) is 0. The van der Waals surface area contributed by atoms with Crippen molar-refractivity contribution in [3.05, 3.63) is 58.7 Å². The zero-order valence-corrected chi connectivity index (χ0v) is 15.6. The Kier molecular flexibility index (Phi) is 7.10. The molecule has 2 rings (SSSR count). The lowest BCUT2D eigenvalue weighted by atomic mass is 9.93. The third-order valence-electron chi connectivity index (χ3n) is 4.24. The lowest BCUT2D eigenvalue weighted by Crippen LogP contribution is -2.05. The van der Waals surface area contributed by atoms with E-state index >= 15 is 0 Å². The lowest BCUT2D eigenvalue weighted by Gasteiger charge is -2.16. The Morgan fingerprint density at radius 1 is 1.22 bits per heavy atom. The van der Waals surface area contributed by atoms with Crippen molar-refractivity contribution >= 4 is 21.9 Å². The van der Waals surface area contributed by atoms with Crippen LogP contribution in [0, 0.1) is 0 Å². The first-order valence-corrected chi connectivity index (χ1v) is 9.53. The highest BCUT2D eigenvalue weighted by atomic mass is 79.9. The van der Waals surface area contributed by atoms with Crippen LogP contribution in [0.2, 0.25) is 0 Å². The molecule has 1 unspecified atom stereocenters. The van der Waals surface area contributed by atoms with Gasteiger partial charge < -0.3 is 4.74 Å². The monoisotopic (exact) mass is 376 g/mol. The minimum Gasteiger partial charge on any atom is -0.449 e. The van der Waals surface area contributed by atoms with Crippen molar-refractivity contribution < 1.29 is 9.53 Å². The van der Waals surface area contributed by atoms with Crippen LogP contribution in [-0.2, 0) is 9.53 Å². The number of halogens is 1. The number of cyclic esters (lactones) is 1. The molecule has 0 spiro atoms. The van der Waals surface area contributed by atoms with Gasteiger partial charge in [0.05, 0.1) is 0 Å². The summed E-state index contributed by atoms with van der Waals surface area (Å²) in [5.74, 6) is -0.202. The summed E-state index contributed by atoms with van der Waals surface area (Å²) in [4.78, 5) is 12.1. The molecule has 1 aliphatic heterocycles. The quantitative estimate of drug-likeness (QED) is 0.321. The van der Waals surface area contributed by atoms with Gasteiger partial charge in [0, 0.05) is 16.5 Å². The van der Waals surface area contributed by atoms with Gasteiger partial charge in [-0.05, 0) is 30.9 Å². The van der Waals surface area contributed by atoms with E-state index in [1.807, 2.05) is 37.3 Å². The molecule has 1 heterocycles. The number of allylic oxidation sites excluding steroid dienone is 1. The van der Waals surface area contributed by atoms with Crippen LogP contribution in [0.4, 0.5) is 0 Å². The van der Waals surface area contributed by atoms with Gasteiger partial charge in [-0.1, -0.05) is 78.5 Å². The summed E-state index contributed by atoms with van der Waals surface area (Å²) in [6.45, 7) is 4.09. The predicted octanol–water partition coefficient (Wildman–Crippen LogP) is 5.89. The van der Waals surface area contributed by atoms with Gasteiger partial charge in [0.15, 0.2) is 6.10 Å². The van der Waals surface area contributed by atoms with Crippen molar-refractivity contribution in [1.82, 2.24) is 0 Å². The maximum atomic E-state index is 12.1. The van der Waals surface area contributed by atoms with E-state index in [4.69, 9.17) is 4.74 Å². The van der Waals surface area contributed by atoms with Crippen LogP contribution in [0.5, 0.6) is 0 Å². The second kappa shape index (κ2) is 9.07. The summed E-state index contributed by atoms with van der Waals surface area (Å²) < 4.78 is 5.63. The van der Waals surface area contributed by atoms with Crippen LogP contribution >= 0.6 is 15.9 Å². The highest BCUT2D eigenvalue weighted by Gasteiger charge is 2.33. The van der Waals surface area contributed by atoms with Gasteiger partial charge in [-0.25, -0.2) is 4.79 Å². The first-order chi connectivity index (χ1) is 11.2. The number of esters is 1. The van der Waals surface area contributed by atoms with Crippen molar-refractivity contribution in [3.63, 3.8) is 0 Å². The van der Waals surface area contributed by atoms with E-state index in [1.165, 1.54) is 31.3 Å². The van der Waals surface area contributed by atoms with E-state index in [9.17, 15) is 4.79 Å². The van der Waals surface area contributed by atoms with E-state index in [1.54, 1.807) is 0 Å². The molecule has 23 heavy (non-hydrogen) atoms. The van der Waals surface area contributed by atoms with Crippen molar-refractivity contribution in [2.75, 3.05) is 5.33 Å². The molecule has 1 aliphatic rings. The Bertz CT molecular complexity index is 587.